The molecule has 0 bridgehead atoms. The number of amides is 1. The molecule has 7 nitrogen and oxygen atoms in total. The van der Waals surface area contributed by atoms with Gasteiger partial charge in [-0.3, -0.25) is 4.79 Å². The Kier molecular flexibility index (Phi) is 5.52. The molecule has 1 fully saturated rings. The molecule has 1 amide bonds. The third-order valence-corrected chi connectivity index (χ3v) is 5.87. The first kappa shape index (κ1) is 21.3. The van der Waals surface area contributed by atoms with Crippen LogP contribution < -0.4 is 4.90 Å². The Bertz CT molecular complexity index is 1350. The molecule has 3 heterocycles. The molecule has 3 aromatic rings. The molecule has 168 valence electrons. The number of carbonyl (C=O) groups is 2. The van der Waals surface area contributed by atoms with Gasteiger partial charge in [0, 0.05) is 43.5 Å². The van der Waals surface area contributed by atoms with E-state index in [0.29, 0.717) is 54.0 Å². The van der Waals surface area contributed by atoms with Crippen molar-refractivity contribution in [2.75, 3.05) is 31.1 Å². The third kappa shape index (κ3) is 4.11. The van der Waals surface area contributed by atoms with E-state index in [1.54, 1.807) is 47.5 Å². The fourth-order valence-corrected chi connectivity index (χ4v) is 4.09. The number of halogens is 1. The van der Waals surface area contributed by atoms with E-state index in [1.807, 2.05) is 6.07 Å². The predicted molar refractivity (Wildman–Crippen MR) is 123 cm³/mol. The Balaban J connectivity index is 1.29. The van der Waals surface area contributed by atoms with Crippen LogP contribution in [-0.4, -0.2) is 47.9 Å². The van der Waals surface area contributed by atoms with Crippen molar-refractivity contribution in [2.24, 2.45) is 0 Å². The molecule has 0 aliphatic carbocycles. The molecule has 34 heavy (non-hydrogen) atoms. The average Bonchev–Trinajstić information content (AvgIpc) is 3.18. The SMILES string of the molecule is N#Cc1ccc(N2CCN(C(=O)c3cccc(C=C4OC(=O)c5ccc(F)cc54)c3)CC2)nc1. The molecule has 0 unspecified atom stereocenters. The number of nitrogens with zero attached hydrogens (tertiary/aromatic N) is 4. The lowest BCUT2D eigenvalue weighted by Gasteiger charge is -2.35. The minimum atomic E-state index is -0.525. The molecular weight excluding hydrogens is 435 g/mol. The average molecular weight is 454 g/mol. The summed E-state index contributed by atoms with van der Waals surface area (Å²) >= 11 is 0. The second-order valence-corrected chi connectivity index (χ2v) is 8.01. The van der Waals surface area contributed by atoms with Crippen molar-refractivity contribution in [3.05, 3.63) is 94.4 Å². The molecule has 1 aromatic heterocycles. The highest BCUT2D eigenvalue weighted by atomic mass is 19.1. The smallest absolute Gasteiger partial charge is 0.344 e. The van der Waals surface area contributed by atoms with E-state index in [0.717, 1.165) is 5.82 Å². The number of nitriles is 1. The zero-order valence-electron chi connectivity index (χ0n) is 18.1. The van der Waals surface area contributed by atoms with Crippen molar-refractivity contribution < 1.29 is 18.7 Å². The number of anilines is 1. The van der Waals surface area contributed by atoms with Crippen LogP contribution in [0.1, 0.15) is 37.4 Å². The number of piperazine rings is 1. The van der Waals surface area contributed by atoms with Crippen molar-refractivity contribution in [3.8, 4) is 6.07 Å². The summed E-state index contributed by atoms with van der Waals surface area (Å²) in [6, 6.07) is 16.5. The highest BCUT2D eigenvalue weighted by Gasteiger charge is 2.27. The summed E-state index contributed by atoms with van der Waals surface area (Å²) in [6.45, 7) is 2.34. The quantitative estimate of drug-likeness (QED) is 0.561. The number of benzene rings is 2. The second-order valence-electron chi connectivity index (χ2n) is 8.01. The van der Waals surface area contributed by atoms with E-state index in [1.165, 1.54) is 18.2 Å². The van der Waals surface area contributed by atoms with Crippen LogP contribution in [0.4, 0.5) is 10.2 Å². The second kappa shape index (κ2) is 8.79. The number of aromatic nitrogens is 1. The lowest BCUT2D eigenvalue weighted by molar-refractivity contribution is 0.0714. The van der Waals surface area contributed by atoms with Crippen LogP contribution >= 0.6 is 0 Å². The minimum Gasteiger partial charge on any atom is -0.422 e. The van der Waals surface area contributed by atoms with Crippen LogP contribution in [0.15, 0.2) is 60.8 Å². The van der Waals surface area contributed by atoms with Crippen LogP contribution in [0.5, 0.6) is 0 Å². The third-order valence-electron chi connectivity index (χ3n) is 5.87. The van der Waals surface area contributed by atoms with E-state index < -0.39 is 11.8 Å². The fourth-order valence-electron chi connectivity index (χ4n) is 4.09. The van der Waals surface area contributed by atoms with Gasteiger partial charge in [0.15, 0.2) is 0 Å². The zero-order chi connectivity index (χ0) is 23.7. The van der Waals surface area contributed by atoms with Crippen molar-refractivity contribution in [2.45, 2.75) is 0 Å². The summed E-state index contributed by atoms with van der Waals surface area (Å²) in [5, 5.41) is 8.92. The summed E-state index contributed by atoms with van der Waals surface area (Å²) in [4.78, 5) is 33.3. The van der Waals surface area contributed by atoms with Crippen LogP contribution in [0.2, 0.25) is 0 Å². The highest BCUT2D eigenvalue weighted by molar-refractivity contribution is 6.06. The highest BCUT2D eigenvalue weighted by Crippen LogP contribution is 2.32. The molecular formula is C26H19FN4O3. The molecule has 5 rings (SSSR count). The summed E-state index contributed by atoms with van der Waals surface area (Å²) in [6.07, 6.45) is 3.18. The van der Waals surface area contributed by atoms with E-state index in [9.17, 15) is 14.0 Å². The summed E-state index contributed by atoms with van der Waals surface area (Å²) in [7, 11) is 0. The van der Waals surface area contributed by atoms with Gasteiger partial charge in [0.1, 0.15) is 23.5 Å². The number of pyridine rings is 1. The number of carbonyl (C=O) groups excluding carboxylic acids is 2. The summed E-state index contributed by atoms with van der Waals surface area (Å²) in [5.74, 6) is -0.0388. The Morgan fingerprint density at radius 1 is 1.06 bits per heavy atom. The molecule has 0 spiro atoms. The van der Waals surface area contributed by atoms with Crippen molar-refractivity contribution in [1.82, 2.24) is 9.88 Å². The number of rotatable bonds is 3. The monoisotopic (exact) mass is 454 g/mol. The van der Waals surface area contributed by atoms with Crippen LogP contribution in [-0.2, 0) is 4.74 Å². The van der Waals surface area contributed by atoms with Gasteiger partial charge in [0.25, 0.3) is 5.91 Å². The van der Waals surface area contributed by atoms with Gasteiger partial charge in [-0.05, 0) is 54.1 Å². The van der Waals surface area contributed by atoms with Gasteiger partial charge in [-0.2, -0.15) is 5.26 Å². The largest absolute Gasteiger partial charge is 0.422 e. The zero-order valence-corrected chi connectivity index (χ0v) is 18.1. The number of cyclic esters (lactones) is 1. The van der Waals surface area contributed by atoms with Crippen molar-refractivity contribution in [1.29, 1.82) is 5.26 Å². The Hall–Kier alpha value is -4.51. The Labute approximate surface area is 195 Å². The molecule has 0 radical (unpaired) electrons. The van der Waals surface area contributed by atoms with Gasteiger partial charge in [0.2, 0.25) is 0 Å². The van der Waals surface area contributed by atoms with Gasteiger partial charge in [0.05, 0.1) is 11.1 Å². The van der Waals surface area contributed by atoms with E-state index in [-0.39, 0.29) is 11.7 Å². The van der Waals surface area contributed by atoms with Gasteiger partial charge in [-0.15, -0.1) is 0 Å². The Morgan fingerprint density at radius 2 is 1.88 bits per heavy atom. The lowest BCUT2D eigenvalue weighted by atomic mass is 10.0. The standard InChI is InChI=1S/C26H19FN4O3/c27-20-5-6-21-22(14-20)23(34-26(21)33)13-17-2-1-3-19(12-17)25(32)31-10-8-30(9-11-31)24-7-4-18(15-28)16-29-24/h1-7,12-14,16H,8-11H2. The minimum absolute atomic E-state index is 0.0949. The number of ether oxygens (including phenoxy) is 1. The number of esters is 1. The van der Waals surface area contributed by atoms with E-state index >= 15 is 0 Å². The Morgan fingerprint density at radius 3 is 2.62 bits per heavy atom. The first-order chi connectivity index (χ1) is 16.5. The lowest BCUT2D eigenvalue weighted by Crippen LogP contribution is -2.49. The number of hydrogen-bond donors (Lipinski definition) is 0. The molecule has 0 saturated carbocycles. The van der Waals surface area contributed by atoms with E-state index in [4.69, 9.17) is 10.00 Å². The maximum absolute atomic E-state index is 13.7. The van der Waals surface area contributed by atoms with Crippen LogP contribution in [0, 0.1) is 17.1 Å². The van der Waals surface area contributed by atoms with Crippen LogP contribution in [0.25, 0.3) is 11.8 Å². The predicted octanol–water partition coefficient (Wildman–Crippen LogP) is 3.72. The van der Waals surface area contributed by atoms with E-state index in [2.05, 4.69) is 16.0 Å². The van der Waals surface area contributed by atoms with Gasteiger partial charge in [-0.1, -0.05) is 12.1 Å². The van der Waals surface area contributed by atoms with Gasteiger partial charge in [-0.25, -0.2) is 14.2 Å². The van der Waals surface area contributed by atoms with Crippen molar-refractivity contribution in [3.63, 3.8) is 0 Å². The molecule has 1 saturated heterocycles. The molecule has 2 aromatic carbocycles. The normalized spacial score (nSPS) is 16.2. The topological polar surface area (TPSA) is 86.5 Å². The van der Waals surface area contributed by atoms with Gasteiger partial charge >= 0.3 is 5.97 Å². The molecule has 0 atom stereocenters. The maximum Gasteiger partial charge on any atom is 0.344 e. The van der Waals surface area contributed by atoms with Gasteiger partial charge < -0.3 is 14.5 Å². The molecule has 0 N–H and O–H groups in total. The molecule has 2 aliphatic rings. The van der Waals surface area contributed by atoms with Crippen molar-refractivity contribution >= 4 is 29.5 Å². The summed E-state index contributed by atoms with van der Waals surface area (Å²) in [5.41, 5.74) is 2.41. The number of fused-ring (bicyclic) bond motifs is 1. The van der Waals surface area contributed by atoms with Crippen LogP contribution in [0.3, 0.4) is 0 Å². The number of hydrogen-bond acceptors (Lipinski definition) is 6. The first-order valence-electron chi connectivity index (χ1n) is 10.8. The molecule has 8 heteroatoms. The maximum atomic E-state index is 13.7. The fraction of sp³-hybridized carbons (Fsp3) is 0.154. The molecule has 2 aliphatic heterocycles. The first-order valence-corrected chi connectivity index (χ1v) is 10.8. The summed E-state index contributed by atoms with van der Waals surface area (Å²) < 4.78 is 19.0.